The minimum Gasteiger partial charge on any atom is -0.354 e. The number of aromatic nitrogens is 3. The first kappa shape index (κ1) is 15.4. The maximum atomic E-state index is 13.3. The van der Waals surface area contributed by atoms with Gasteiger partial charge in [-0.15, -0.1) is 0 Å². The van der Waals surface area contributed by atoms with E-state index in [2.05, 4.69) is 41.5 Å². The van der Waals surface area contributed by atoms with Gasteiger partial charge in [-0.05, 0) is 41.1 Å². The second kappa shape index (κ2) is 6.66. The number of anilines is 4. The number of nitrogens with zero attached hydrogens (tertiary/aromatic N) is 4. The molecule has 0 radical (unpaired) electrons. The van der Waals surface area contributed by atoms with E-state index >= 15 is 0 Å². The van der Waals surface area contributed by atoms with E-state index in [1.807, 2.05) is 21.0 Å². The minimum atomic E-state index is -0.338. The molecule has 0 unspecified atom stereocenters. The van der Waals surface area contributed by atoms with Crippen LogP contribution in [0.3, 0.4) is 0 Å². The van der Waals surface area contributed by atoms with E-state index in [1.54, 1.807) is 11.0 Å². The lowest BCUT2D eigenvalue weighted by molar-refractivity contribution is 0.628. The molecule has 1 aromatic heterocycles. The van der Waals surface area contributed by atoms with Crippen LogP contribution in [0.5, 0.6) is 0 Å². The molecule has 0 spiro atoms. The first-order valence-corrected chi connectivity index (χ1v) is 7.18. The number of nitrogens with one attached hydrogen (secondary N) is 2. The van der Waals surface area contributed by atoms with Crippen molar-refractivity contribution in [2.75, 3.05) is 36.2 Å². The van der Waals surface area contributed by atoms with Gasteiger partial charge in [0.05, 0.1) is 5.69 Å². The van der Waals surface area contributed by atoms with Crippen LogP contribution in [0, 0.1) is 5.82 Å². The predicted molar refractivity (Wildman–Crippen MR) is 85.7 cm³/mol. The SMILES string of the molecule is CCNc1nc(Nc2cc(F)ccc2Br)nc(N(C)C)n1. The Balaban J connectivity index is 2.36. The Kier molecular flexibility index (Phi) is 4.89. The molecule has 0 saturated heterocycles. The van der Waals surface area contributed by atoms with Crippen LogP contribution < -0.4 is 15.5 Å². The van der Waals surface area contributed by atoms with Crippen LogP contribution in [0.15, 0.2) is 22.7 Å². The summed E-state index contributed by atoms with van der Waals surface area (Å²) in [7, 11) is 3.68. The lowest BCUT2D eigenvalue weighted by Gasteiger charge is -2.14. The average Bonchev–Trinajstić information content (AvgIpc) is 2.43. The molecular formula is C13H16BrFN6. The van der Waals surface area contributed by atoms with Crippen LogP contribution in [-0.2, 0) is 0 Å². The maximum Gasteiger partial charge on any atom is 0.233 e. The van der Waals surface area contributed by atoms with Crippen molar-refractivity contribution in [2.24, 2.45) is 0 Å². The largest absolute Gasteiger partial charge is 0.354 e. The molecule has 0 amide bonds. The van der Waals surface area contributed by atoms with Crippen molar-refractivity contribution in [1.82, 2.24) is 15.0 Å². The highest BCUT2D eigenvalue weighted by Gasteiger charge is 2.10. The van der Waals surface area contributed by atoms with E-state index < -0.39 is 0 Å². The number of benzene rings is 1. The zero-order valence-electron chi connectivity index (χ0n) is 12.0. The smallest absolute Gasteiger partial charge is 0.233 e. The zero-order valence-corrected chi connectivity index (χ0v) is 13.6. The van der Waals surface area contributed by atoms with Crippen LogP contribution in [0.2, 0.25) is 0 Å². The van der Waals surface area contributed by atoms with Crippen LogP contribution in [0.1, 0.15) is 6.92 Å². The number of halogens is 2. The quantitative estimate of drug-likeness (QED) is 0.860. The molecule has 8 heteroatoms. The lowest BCUT2D eigenvalue weighted by Crippen LogP contribution is -2.16. The highest BCUT2D eigenvalue weighted by Crippen LogP contribution is 2.26. The summed E-state index contributed by atoms with van der Waals surface area (Å²) in [4.78, 5) is 14.6. The highest BCUT2D eigenvalue weighted by atomic mass is 79.9. The molecule has 2 N–H and O–H groups in total. The van der Waals surface area contributed by atoms with Crippen LogP contribution >= 0.6 is 15.9 Å². The van der Waals surface area contributed by atoms with Gasteiger partial charge >= 0.3 is 0 Å². The molecule has 0 aliphatic rings. The van der Waals surface area contributed by atoms with Gasteiger partial charge in [0.1, 0.15) is 5.82 Å². The molecule has 2 rings (SSSR count). The van der Waals surface area contributed by atoms with E-state index in [0.717, 1.165) is 4.47 Å². The third kappa shape index (κ3) is 4.01. The van der Waals surface area contributed by atoms with Crippen molar-refractivity contribution in [3.63, 3.8) is 0 Å². The summed E-state index contributed by atoms with van der Waals surface area (Å²) in [6.45, 7) is 2.65. The monoisotopic (exact) mass is 354 g/mol. The zero-order chi connectivity index (χ0) is 15.4. The molecular weight excluding hydrogens is 339 g/mol. The Morgan fingerprint density at radius 2 is 1.90 bits per heavy atom. The molecule has 0 atom stereocenters. The van der Waals surface area contributed by atoms with Gasteiger partial charge < -0.3 is 15.5 Å². The maximum absolute atomic E-state index is 13.3. The Morgan fingerprint density at radius 3 is 2.57 bits per heavy atom. The summed E-state index contributed by atoms with van der Waals surface area (Å²) in [6, 6.07) is 4.37. The third-order valence-corrected chi connectivity index (χ3v) is 3.22. The van der Waals surface area contributed by atoms with Gasteiger partial charge in [0.2, 0.25) is 17.8 Å². The third-order valence-electron chi connectivity index (χ3n) is 2.53. The van der Waals surface area contributed by atoms with E-state index in [0.29, 0.717) is 30.1 Å². The van der Waals surface area contributed by atoms with Crippen LogP contribution in [-0.4, -0.2) is 35.6 Å². The summed E-state index contributed by atoms with van der Waals surface area (Å²) in [5.41, 5.74) is 0.549. The molecule has 0 aliphatic heterocycles. The average molecular weight is 355 g/mol. The molecule has 0 aliphatic carbocycles. The van der Waals surface area contributed by atoms with E-state index in [1.165, 1.54) is 12.1 Å². The molecule has 1 heterocycles. The van der Waals surface area contributed by atoms with Crippen LogP contribution in [0.4, 0.5) is 27.9 Å². The first-order valence-electron chi connectivity index (χ1n) is 6.39. The second-order valence-electron chi connectivity index (χ2n) is 4.46. The Bertz CT molecular complexity index is 634. The summed E-state index contributed by atoms with van der Waals surface area (Å²) in [5, 5.41) is 6.03. The number of hydrogen-bond acceptors (Lipinski definition) is 6. The first-order chi connectivity index (χ1) is 9.99. The summed E-state index contributed by atoms with van der Waals surface area (Å²) in [6.07, 6.45) is 0. The summed E-state index contributed by atoms with van der Waals surface area (Å²) in [5.74, 6) is 0.979. The summed E-state index contributed by atoms with van der Waals surface area (Å²) < 4.78 is 14.0. The van der Waals surface area contributed by atoms with Gasteiger partial charge in [0.15, 0.2) is 0 Å². The van der Waals surface area contributed by atoms with Gasteiger partial charge in [0, 0.05) is 25.1 Å². The Hall–Kier alpha value is -1.96. The fourth-order valence-electron chi connectivity index (χ4n) is 1.57. The van der Waals surface area contributed by atoms with Crippen LogP contribution in [0.25, 0.3) is 0 Å². The molecule has 0 bridgehead atoms. The van der Waals surface area contributed by atoms with Gasteiger partial charge in [-0.1, -0.05) is 0 Å². The van der Waals surface area contributed by atoms with Crippen molar-refractivity contribution >= 4 is 39.5 Å². The molecule has 1 aromatic carbocycles. The number of rotatable bonds is 5. The van der Waals surface area contributed by atoms with Crippen molar-refractivity contribution in [3.8, 4) is 0 Å². The van der Waals surface area contributed by atoms with Gasteiger partial charge in [0.25, 0.3) is 0 Å². The van der Waals surface area contributed by atoms with E-state index in [9.17, 15) is 4.39 Å². The molecule has 2 aromatic rings. The Labute approximate surface area is 130 Å². The fourth-order valence-corrected chi connectivity index (χ4v) is 1.92. The second-order valence-corrected chi connectivity index (χ2v) is 5.31. The molecule has 0 fully saturated rings. The molecule has 6 nitrogen and oxygen atoms in total. The standard InChI is InChI=1S/C13H16BrFN6/c1-4-16-11-18-12(20-13(19-11)21(2)3)17-10-7-8(15)5-6-9(10)14/h5-7H,4H2,1-3H3,(H2,16,17,18,19,20). The van der Waals surface area contributed by atoms with Gasteiger partial charge in [-0.2, -0.15) is 15.0 Å². The van der Waals surface area contributed by atoms with Gasteiger partial charge in [-0.25, -0.2) is 4.39 Å². The lowest BCUT2D eigenvalue weighted by atomic mass is 10.3. The van der Waals surface area contributed by atoms with Crippen molar-refractivity contribution in [2.45, 2.75) is 6.92 Å². The predicted octanol–water partition coefficient (Wildman–Crippen LogP) is 3.01. The van der Waals surface area contributed by atoms with Gasteiger partial charge in [-0.3, -0.25) is 0 Å². The van der Waals surface area contributed by atoms with Crippen molar-refractivity contribution in [1.29, 1.82) is 0 Å². The molecule has 112 valence electrons. The normalized spacial score (nSPS) is 10.3. The number of hydrogen-bond donors (Lipinski definition) is 2. The van der Waals surface area contributed by atoms with Crippen molar-refractivity contribution < 1.29 is 4.39 Å². The minimum absolute atomic E-state index is 0.338. The molecule has 21 heavy (non-hydrogen) atoms. The topological polar surface area (TPSA) is 66.0 Å². The van der Waals surface area contributed by atoms with Crippen molar-refractivity contribution in [3.05, 3.63) is 28.5 Å². The fraction of sp³-hybridized carbons (Fsp3) is 0.308. The van der Waals surface area contributed by atoms with E-state index in [4.69, 9.17) is 0 Å². The highest BCUT2D eigenvalue weighted by molar-refractivity contribution is 9.10. The summed E-state index contributed by atoms with van der Waals surface area (Å²) >= 11 is 3.36. The van der Waals surface area contributed by atoms with E-state index in [-0.39, 0.29) is 5.82 Å². The Morgan fingerprint density at radius 1 is 1.19 bits per heavy atom. The molecule has 0 saturated carbocycles.